The number of para-hydroxylation sites is 2. The van der Waals surface area contributed by atoms with E-state index in [1.165, 1.54) is 0 Å². The molecule has 104 valence electrons. The van der Waals surface area contributed by atoms with Crippen molar-refractivity contribution in [1.82, 2.24) is 9.97 Å². The Kier molecular flexibility index (Phi) is 2.57. The van der Waals surface area contributed by atoms with E-state index in [4.69, 9.17) is 4.74 Å². The van der Waals surface area contributed by atoms with E-state index in [1.807, 2.05) is 54.6 Å². The van der Waals surface area contributed by atoms with Crippen molar-refractivity contribution in [3.63, 3.8) is 0 Å². The molecule has 1 aliphatic carbocycles. The Hall–Kier alpha value is -2.62. The van der Waals surface area contributed by atoms with Gasteiger partial charge in [0.05, 0.1) is 16.4 Å². The molecule has 1 aromatic heterocycles. The molecule has 1 heterocycles. The summed E-state index contributed by atoms with van der Waals surface area (Å²) in [5.41, 5.74) is 2.20. The van der Waals surface area contributed by atoms with Gasteiger partial charge in [-0.05, 0) is 30.5 Å². The van der Waals surface area contributed by atoms with Crippen molar-refractivity contribution in [1.29, 1.82) is 0 Å². The number of rotatable bonds is 3. The first-order valence-electron chi connectivity index (χ1n) is 7.00. The lowest BCUT2D eigenvalue weighted by atomic mass is 9.96. The summed E-state index contributed by atoms with van der Waals surface area (Å²) in [7, 11) is 0. The molecule has 4 rings (SSSR count). The van der Waals surface area contributed by atoms with Crippen LogP contribution in [0.5, 0.6) is 6.01 Å². The van der Waals surface area contributed by atoms with Crippen molar-refractivity contribution in [3.05, 3.63) is 60.2 Å². The fourth-order valence-corrected chi connectivity index (χ4v) is 2.66. The molecule has 1 aliphatic rings. The maximum Gasteiger partial charge on any atom is 0.324 e. The van der Waals surface area contributed by atoms with Crippen LogP contribution in [-0.4, -0.2) is 15.9 Å². The number of benzene rings is 2. The largest absolute Gasteiger partial charge is 0.392 e. The van der Waals surface area contributed by atoms with E-state index < -0.39 is 5.41 Å². The third kappa shape index (κ3) is 2.00. The van der Waals surface area contributed by atoms with Crippen LogP contribution in [0.15, 0.2) is 54.6 Å². The highest BCUT2D eigenvalue weighted by Crippen LogP contribution is 2.49. The van der Waals surface area contributed by atoms with Crippen molar-refractivity contribution >= 4 is 17.0 Å². The number of H-pyrrole nitrogens is 1. The van der Waals surface area contributed by atoms with Crippen molar-refractivity contribution in [2.24, 2.45) is 0 Å². The van der Waals surface area contributed by atoms with Gasteiger partial charge in [0, 0.05) is 0 Å². The normalized spacial score (nSPS) is 15.8. The van der Waals surface area contributed by atoms with E-state index in [-0.39, 0.29) is 12.0 Å². The highest BCUT2D eigenvalue weighted by atomic mass is 16.6. The summed E-state index contributed by atoms with van der Waals surface area (Å²) in [5, 5.41) is 0. The monoisotopic (exact) mass is 278 g/mol. The second-order valence-corrected chi connectivity index (χ2v) is 5.40. The van der Waals surface area contributed by atoms with Crippen molar-refractivity contribution in [2.45, 2.75) is 18.3 Å². The van der Waals surface area contributed by atoms with Gasteiger partial charge >= 0.3 is 12.0 Å². The number of nitrogens with one attached hydrogen (secondary N) is 1. The number of aromatic nitrogens is 2. The van der Waals surface area contributed by atoms with Gasteiger partial charge in [-0.25, -0.2) is 0 Å². The number of fused-ring (bicyclic) bond motifs is 1. The van der Waals surface area contributed by atoms with Gasteiger partial charge in [0.15, 0.2) is 0 Å². The van der Waals surface area contributed by atoms with E-state index >= 15 is 0 Å². The second-order valence-electron chi connectivity index (χ2n) is 5.40. The molecule has 1 saturated carbocycles. The van der Waals surface area contributed by atoms with Gasteiger partial charge in [0.2, 0.25) is 0 Å². The van der Waals surface area contributed by atoms with Crippen molar-refractivity contribution in [3.8, 4) is 6.01 Å². The second kappa shape index (κ2) is 4.45. The third-order valence-corrected chi connectivity index (χ3v) is 4.02. The van der Waals surface area contributed by atoms with Gasteiger partial charge in [-0.15, -0.1) is 0 Å². The SMILES string of the molecule is O=C(Oc1nc2ccccc2[nH]1)C1(c2ccccc2)CC1. The molecule has 0 saturated heterocycles. The van der Waals surface area contributed by atoms with Crippen LogP contribution in [-0.2, 0) is 10.2 Å². The van der Waals surface area contributed by atoms with Crippen LogP contribution in [0.2, 0.25) is 0 Å². The standard InChI is InChI=1S/C17H14N2O2/c20-15(17(10-11-17)12-6-2-1-3-7-12)21-16-18-13-8-4-5-9-14(13)19-16/h1-9H,10-11H2,(H,18,19). The summed E-state index contributed by atoms with van der Waals surface area (Å²) < 4.78 is 5.48. The Bertz CT molecular complexity index is 771. The molecule has 0 bridgehead atoms. The van der Waals surface area contributed by atoms with Crippen LogP contribution in [0.25, 0.3) is 11.0 Å². The van der Waals surface area contributed by atoms with E-state index in [0.29, 0.717) is 0 Å². The zero-order chi connectivity index (χ0) is 14.3. The highest BCUT2D eigenvalue weighted by Gasteiger charge is 2.53. The first-order valence-corrected chi connectivity index (χ1v) is 7.00. The molecule has 21 heavy (non-hydrogen) atoms. The molecular weight excluding hydrogens is 264 g/mol. The minimum atomic E-state index is -0.486. The zero-order valence-corrected chi connectivity index (χ0v) is 11.4. The molecule has 4 nitrogen and oxygen atoms in total. The van der Waals surface area contributed by atoms with Gasteiger partial charge in [-0.3, -0.25) is 4.79 Å². The molecule has 0 atom stereocenters. The highest BCUT2D eigenvalue weighted by molar-refractivity contribution is 5.88. The van der Waals surface area contributed by atoms with Gasteiger partial charge in [-0.2, -0.15) is 4.98 Å². The van der Waals surface area contributed by atoms with Crippen LogP contribution in [0.4, 0.5) is 0 Å². The van der Waals surface area contributed by atoms with Gasteiger partial charge in [0.25, 0.3) is 0 Å². The number of carbonyl (C=O) groups excluding carboxylic acids is 1. The summed E-state index contributed by atoms with van der Waals surface area (Å²) in [4.78, 5) is 19.8. The van der Waals surface area contributed by atoms with E-state index in [9.17, 15) is 4.79 Å². The molecule has 1 fully saturated rings. The Balaban J connectivity index is 1.61. The lowest BCUT2D eigenvalue weighted by Gasteiger charge is -2.12. The molecule has 0 amide bonds. The van der Waals surface area contributed by atoms with Crippen LogP contribution in [0.3, 0.4) is 0 Å². The molecular formula is C17H14N2O2. The molecule has 0 aliphatic heterocycles. The lowest BCUT2D eigenvalue weighted by Crippen LogP contribution is -2.26. The average Bonchev–Trinajstić information content (AvgIpc) is 3.23. The Morgan fingerprint density at radius 2 is 1.76 bits per heavy atom. The number of hydrogen-bond acceptors (Lipinski definition) is 3. The average molecular weight is 278 g/mol. The molecule has 2 aromatic carbocycles. The Labute approximate surface area is 121 Å². The predicted molar refractivity (Wildman–Crippen MR) is 79.1 cm³/mol. The van der Waals surface area contributed by atoms with Crippen LogP contribution in [0, 0.1) is 0 Å². The molecule has 0 spiro atoms. The van der Waals surface area contributed by atoms with Crippen molar-refractivity contribution < 1.29 is 9.53 Å². The van der Waals surface area contributed by atoms with E-state index in [0.717, 1.165) is 29.4 Å². The van der Waals surface area contributed by atoms with Gasteiger partial charge < -0.3 is 9.72 Å². The lowest BCUT2D eigenvalue weighted by molar-refractivity contribution is -0.137. The predicted octanol–water partition coefficient (Wildman–Crippen LogP) is 3.20. The zero-order valence-electron chi connectivity index (χ0n) is 11.4. The summed E-state index contributed by atoms with van der Waals surface area (Å²) in [5.74, 6) is -0.229. The number of aromatic amines is 1. The smallest absolute Gasteiger partial charge is 0.324 e. The van der Waals surface area contributed by atoms with E-state index in [2.05, 4.69) is 9.97 Å². The van der Waals surface area contributed by atoms with Gasteiger partial charge in [0.1, 0.15) is 0 Å². The maximum absolute atomic E-state index is 12.5. The van der Waals surface area contributed by atoms with Crippen LogP contribution < -0.4 is 4.74 Å². The minimum Gasteiger partial charge on any atom is -0.392 e. The summed E-state index contributed by atoms with van der Waals surface area (Å²) in [6.07, 6.45) is 1.66. The summed E-state index contributed by atoms with van der Waals surface area (Å²) in [6.45, 7) is 0. The number of nitrogens with zero attached hydrogens (tertiary/aromatic N) is 1. The summed E-state index contributed by atoms with van der Waals surface area (Å²) >= 11 is 0. The molecule has 0 radical (unpaired) electrons. The quantitative estimate of drug-likeness (QED) is 0.748. The van der Waals surface area contributed by atoms with Crippen LogP contribution >= 0.6 is 0 Å². The maximum atomic E-state index is 12.5. The molecule has 0 unspecified atom stereocenters. The topological polar surface area (TPSA) is 55.0 Å². The van der Waals surface area contributed by atoms with Gasteiger partial charge in [-0.1, -0.05) is 42.5 Å². The molecule has 1 N–H and O–H groups in total. The number of hydrogen-bond donors (Lipinski definition) is 1. The summed E-state index contributed by atoms with van der Waals surface area (Å²) in [6, 6.07) is 17.7. The Morgan fingerprint density at radius 1 is 1.05 bits per heavy atom. The third-order valence-electron chi connectivity index (χ3n) is 4.02. The first kappa shape index (κ1) is 12.1. The number of imidazole rings is 1. The minimum absolute atomic E-state index is 0.229. The van der Waals surface area contributed by atoms with Crippen LogP contribution in [0.1, 0.15) is 18.4 Å². The first-order chi connectivity index (χ1) is 10.3. The van der Waals surface area contributed by atoms with Crippen molar-refractivity contribution in [2.75, 3.05) is 0 Å². The fraction of sp³-hybridized carbons (Fsp3) is 0.176. The molecule has 4 heteroatoms. The number of ether oxygens (including phenoxy) is 1. The number of esters is 1. The molecule has 3 aromatic rings. The Morgan fingerprint density at radius 3 is 2.48 bits per heavy atom. The fourth-order valence-electron chi connectivity index (χ4n) is 2.66. The number of carbonyl (C=O) groups is 1. The van der Waals surface area contributed by atoms with E-state index in [1.54, 1.807) is 0 Å².